The summed E-state index contributed by atoms with van der Waals surface area (Å²) in [5.41, 5.74) is 1.65. The molecule has 1 aromatic carbocycles. The van der Waals surface area contributed by atoms with E-state index in [-0.39, 0.29) is 10.9 Å². The molecule has 0 saturated heterocycles. The zero-order valence-corrected chi connectivity index (χ0v) is 15.5. The first kappa shape index (κ1) is 18.7. The summed E-state index contributed by atoms with van der Waals surface area (Å²) in [7, 11) is 1.55. The van der Waals surface area contributed by atoms with Gasteiger partial charge in [-0.15, -0.1) is 0 Å². The second-order valence-electron chi connectivity index (χ2n) is 5.72. The molecule has 0 aliphatic carbocycles. The third-order valence-electron chi connectivity index (χ3n) is 3.94. The van der Waals surface area contributed by atoms with Crippen molar-refractivity contribution in [2.45, 2.75) is 13.0 Å². The maximum atomic E-state index is 12.4. The predicted octanol–water partition coefficient (Wildman–Crippen LogP) is 3.82. The largest absolute Gasteiger partial charge is 0.497 e. The van der Waals surface area contributed by atoms with Gasteiger partial charge < -0.3 is 9.47 Å². The van der Waals surface area contributed by atoms with Crippen LogP contribution < -0.4 is 4.74 Å². The third-order valence-corrected chi connectivity index (χ3v) is 4.21. The van der Waals surface area contributed by atoms with Crippen molar-refractivity contribution in [1.82, 2.24) is 9.38 Å². The first-order chi connectivity index (χ1) is 13.0. The van der Waals surface area contributed by atoms with Crippen LogP contribution in [0.4, 0.5) is 0 Å². The lowest BCUT2D eigenvalue weighted by Gasteiger charge is -2.11. The van der Waals surface area contributed by atoms with E-state index in [1.807, 2.05) is 12.1 Å². The number of aromatic nitrogens is 2. The second-order valence-corrected chi connectivity index (χ2v) is 6.08. The summed E-state index contributed by atoms with van der Waals surface area (Å²) in [5, 5.41) is 0.271. The number of carbonyl (C=O) groups is 2. The van der Waals surface area contributed by atoms with Gasteiger partial charge in [-0.3, -0.25) is 9.20 Å². The van der Waals surface area contributed by atoms with Crippen LogP contribution in [0.25, 0.3) is 11.7 Å². The molecule has 0 spiro atoms. The summed E-state index contributed by atoms with van der Waals surface area (Å²) in [6, 6.07) is 12.1. The number of ether oxygens (including phenoxy) is 2. The van der Waals surface area contributed by atoms with Gasteiger partial charge in [0, 0.05) is 17.8 Å². The van der Waals surface area contributed by atoms with Crippen LogP contribution in [0.3, 0.4) is 0 Å². The summed E-state index contributed by atoms with van der Waals surface area (Å²) in [6.07, 6.45) is 3.60. The van der Waals surface area contributed by atoms with Gasteiger partial charge >= 0.3 is 5.97 Å². The predicted molar refractivity (Wildman–Crippen MR) is 102 cm³/mol. The van der Waals surface area contributed by atoms with Crippen molar-refractivity contribution in [3.8, 4) is 5.75 Å². The topological polar surface area (TPSA) is 69.9 Å². The highest BCUT2D eigenvalue weighted by molar-refractivity contribution is 6.31. The van der Waals surface area contributed by atoms with Gasteiger partial charge in [0.1, 0.15) is 11.4 Å². The summed E-state index contributed by atoms with van der Waals surface area (Å²) < 4.78 is 12.0. The van der Waals surface area contributed by atoms with Crippen LogP contribution in [0.1, 0.15) is 23.0 Å². The minimum atomic E-state index is -0.923. The van der Waals surface area contributed by atoms with Crippen molar-refractivity contribution < 1.29 is 19.1 Å². The molecule has 1 atom stereocenters. The van der Waals surface area contributed by atoms with Gasteiger partial charge in [-0.2, -0.15) is 0 Å². The Morgan fingerprint density at radius 1 is 1.19 bits per heavy atom. The van der Waals surface area contributed by atoms with Gasteiger partial charge in [0.2, 0.25) is 5.78 Å². The smallest absolute Gasteiger partial charge is 0.331 e. The average Bonchev–Trinajstić information content (AvgIpc) is 3.00. The SMILES string of the molecule is COc1ccc(C(=O)[C@@H](C)OC(=O)/C=C/c2c(Cl)nc3ccccn23)cc1. The number of halogens is 1. The van der Waals surface area contributed by atoms with E-state index in [9.17, 15) is 9.59 Å². The third kappa shape index (κ3) is 4.17. The highest BCUT2D eigenvalue weighted by Crippen LogP contribution is 2.19. The van der Waals surface area contributed by atoms with Crippen LogP contribution in [-0.2, 0) is 9.53 Å². The number of rotatable bonds is 6. The minimum Gasteiger partial charge on any atom is -0.497 e. The number of benzene rings is 1. The number of nitrogens with zero attached hydrogens (tertiary/aromatic N) is 2. The van der Waals surface area contributed by atoms with Crippen LogP contribution in [-0.4, -0.2) is 34.4 Å². The van der Waals surface area contributed by atoms with E-state index in [4.69, 9.17) is 21.1 Å². The zero-order chi connectivity index (χ0) is 19.4. The molecule has 0 unspecified atom stereocenters. The molecule has 0 aliphatic rings. The number of fused-ring (bicyclic) bond motifs is 1. The van der Waals surface area contributed by atoms with Crippen LogP contribution in [0, 0.1) is 0 Å². The molecule has 0 fully saturated rings. The Bertz CT molecular complexity index is 1010. The maximum Gasteiger partial charge on any atom is 0.331 e. The van der Waals surface area contributed by atoms with Gasteiger partial charge in [0.15, 0.2) is 11.3 Å². The normalized spacial score (nSPS) is 12.3. The standard InChI is InChI=1S/C20H17ClN2O4/c1-13(19(25)14-6-8-15(26-2)9-7-14)27-18(24)11-10-16-20(21)22-17-5-3-4-12-23(16)17/h3-13H,1-2H3/b11-10+/t13-/m1/s1. The van der Waals surface area contributed by atoms with Crippen molar-refractivity contribution >= 4 is 35.1 Å². The molecule has 27 heavy (non-hydrogen) atoms. The lowest BCUT2D eigenvalue weighted by atomic mass is 10.1. The maximum absolute atomic E-state index is 12.4. The number of hydrogen-bond donors (Lipinski definition) is 0. The molecular formula is C20H17ClN2O4. The molecule has 3 aromatic rings. The van der Waals surface area contributed by atoms with Gasteiger partial charge in [0.05, 0.1) is 12.8 Å². The molecular weight excluding hydrogens is 368 g/mol. The Morgan fingerprint density at radius 2 is 1.93 bits per heavy atom. The molecule has 0 amide bonds. The Kier molecular flexibility index (Phi) is 5.57. The summed E-state index contributed by atoms with van der Waals surface area (Å²) in [5.74, 6) is -0.303. The van der Waals surface area contributed by atoms with Crippen LogP contribution in [0.2, 0.25) is 5.15 Å². The van der Waals surface area contributed by atoms with Crippen molar-refractivity contribution in [3.63, 3.8) is 0 Å². The molecule has 3 rings (SSSR count). The van der Waals surface area contributed by atoms with E-state index < -0.39 is 12.1 Å². The van der Waals surface area contributed by atoms with Gasteiger partial charge in [-0.05, 0) is 49.4 Å². The van der Waals surface area contributed by atoms with Gasteiger partial charge in [0.25, 0.3) is 0 Å². The monoisotopic (exact) mass is 384 g/mol. The highest BCUT2D eigenvalue weighted by Gasteiger charge is 2.18. The average molecular weight is 385 g/mol. The number of hydrogen-bond acceptors (Lipinski definition) is 5. The highest BCUT2D eigenvalue weighted by atomic mass is 35.5. The van der Waals surface area contributed by atoms with E-state index in [0.717, 1.165) is 0 Å². The van der Waals surface area contributed by atoms with Crippen LogP contribution in [0.15, 0.2) is 54.7 Å². The number of carbonyl (C=O) groups excluding carboxylic acids is 2. The number of pyridine rings is 1. The molecule has 7 heteroatoms. The Balaban J connectivity index is 1.68. The number of methoxy groups -OCH3 is 1. The van der Waals surface area contributed by atoms with E-state index in [2.05, 4.69) is 4.98 Å². The van der Waals surface area contributed by atoms with Gasteiger partial charge in [-0.25, -0.2) is 9.78 Å². The molecule has 2 heterocycles. The fourth-order valence-corrected chi connectivity index (χ4v) is 2.78. The van der Waals surface area contributed by atoms with E-state index in [0.29, 0.717) is 22.7 Å². The Labute approximate surface area is 161 Å². The second kappa shape index (κ2) is 8.05. The van der Waals surface area contributed by atoms with Gasteiger partial charge in [-0.1, -0.05) is 17.7 Å². The van der Waals surface area contributed by atoms with Crippen molar-refractivity contribution in [2.24, 2.45) is 0 Å². The molecule has 138 valence electrons. The summed E-state index contributed by atoms with van der Waals surface area (Å²) in [6.45, 7) is 1.53. The fraction of sp³-hybridized carbons (Fsp3) is 0.150. The van der Waals surface area contributed by atoms with E-state index in [1.54, 1.807) is 48.0 Å². The zero-order valence-electron chi connectivity index (χ0n) is 14.8. The quantitative estimate of drug-likeness (QED) is 0.367. The fourth-order valence-electron chi connectivity index (χ4n) is 2.54. The Morgan fingerprint density at radius 3 is 2.63 bits per heavy atom. The summed E-state index contributed by atoms with van der Waals surface area (Å²) >= 11 is 6.11. The summed E-state index contributed by atoms with van der Waals surface area (Å²) in [4.78, 5) is 28.6. The van der Waals surface area contributed by atoms with Crippen molar-refractivity contribution in [3.05, 3.63) is 71.1 Å². The number of imidazole rings is 1. The molecule has 6 nitrogen and oxygen atoms in total. The molecule has 0 bridgehead atoms. The number of ketones is 1. The minimum absolute atomic E-state index is 0.271. The molecule has 0 N–H and O–H groups in total. The molecule has 0 aliphatic heterocycles. The van der Waals surface area contributed by atoms with Crippen molar-refractivity contribution in [1.29, 1.82) is 0 Å². The molecule has 2 aromatic heterocycles. The molecule has 0 radical (unpaired) electrons. The van der Waals surface area contributed by atoms with Crippen molar-refractivity contribution in [2.75, 3.05) is 7.11 Å². The first-order valence-electron chi connectivity index (χ1n) is 8.19. The number of Topliss-reactive ketones (excluding diaryl/α,β-unsaturated/α-hetero) is 1. The molecule has 0 saturated carbocycles. The van der Waals surface area contributed by atoms with E-state index >= 15 is 0 Å². The van der Waals surface area contributed by atoms with Crippen LogP contribution >= 0.6 is 11.6 Å². The van der Waals surface area contributed by atoms with Crippen LogP contribution in [0.5, 0.6) is 5.75 Å². The number of esters is 1. The lowest BCUT2D eigenvalue weighted by molar-refractivity contribution is -0.140. The lowest BCUT2D eigenvalue weighted by Crippen LogP contribution is -2.23. The van der Waals surface area contributed by atoms with E-state index in [1.165, 1.54) is 19.1 Å². The first-order valence-corrected chi connectivity index (χ1v) is 8.57. The Hall–Kier alpha value is -3.12.